The van der Waals surface area contributed by atoms with Crippen molar-refractivity contribution in [3.63, 3.8) is 0 Å². The minimum absolute atomic E-state index is 0.0398. The van der Waals surface area contributed by atoms with Crippen molar-refractivity contribution in [2.45, 2.75) is 25.0 Å². The molecule has 2 atom stereocenters. The predicted molar refractivity (Wildman–Crippen MR) is 73.3 cm³/mol. The second kappa shape index (κ2) is 6.07. The molecule has 2 unspecified atom stereocenters. The minimum atomic E-state index is -1.10. The Morgan fingerprint density at radius 1 is 1.40 bits per heavy atom. The van der Waals surface area contributed by atoms with Gasteiger partial charge in [0, 0.05) is 4.47 Å². The standard InChI is InChI=1S/C12H10BrClFNO4/c13-6-3-5(15)4-7(14)10(6)16-11(17)8-1-2-9(20-8)12(18)19/h3-4,8-9H,1-2H2,(H,16,17)(H,18,19). The molecular formula is C12H10BrClFNO4. The fourth-order valence-electron chi connectivity index (χ4n) is 1.88. The van der Waals surface area contributed by atoms with E-state index in [0.717, 1.165) is 12.1 Å². The normalized spacial score (nSPS) is 21.8. The average molecular weight is 367 g/mol. The van der Waals surface area contributed by atoms with Gasteiger partial charge in [-0.15, -0.1) is 0 Å². The molecule has 0 aliphatic carbocycles. The van der Waals surface area contributed by atoms with Crippen LogP contribution in [-0.4, -0.2) is 29.2 Å². The smallest absolute Gasteiger partial charge is 0.332 e. The molecule has 0 saturated carbocycles. The number of nitrogens with one attached hydrogen (secondary N) is 1. The first-order chi connectivity index (χ1) is 9.38. The van der Waals surface area contributed by atoms with Crippen LogP contribution in [-0.2, 0) is 14.3 Å². The summed E-state index contributed by atoms with van der Waals surface area (Å²) in [7, 11) is 0. The van der Waals surface area contributed by atoms with E-state index in [0.29, 0.717) is 10.9 Å². The molecule has 5 nitrogen and oxygen atoms in total. The Kier molecular flexibility index (Phi) is 4.62. The maximum Gasteiger partial charge on any atom is 0.332 e. The number of anilines is 1. The van der Waals surface area contributed by atoms with Gasteiger partial charge >= 0.3 is 5.97 Å². The molecule has 1 amide bonds. The summed E-state index contributed by atoms with van der Waals surface area (Å²) in [4.78, 5) is 22.7. The fraction of sp³-hybridized carbons (Fsp3) is 0.333. The number of carboxylic acids is 1. The molecule has 20 heavy (non-hydrogen) atoms. The summed E-state index contributed by atoms with van der Waals surface area (Å²) in [5.41, 5.74) is 0.223. The van der Waals surface area contributed by atoms with Gasteiger partial charge in [0.05, 0.1) is 10.7 Å². The molecule has 1 aromatic rings. The van der Waals surface area contributed by atoms with E-state index in [-0.39, 0.29) is 17.1 Å². The summed E-state index contributed by atoms with van der Waals surface area (Å²) in [5, 5.41) is 11.3. The van der Waals surface area contributed by atoms with Crippen LogP contribution < -0.4 is 5.32 Å². The maximum absolute atomic E-state index is 13.1. The second-order valence-corrected chi connectivity index (χ2v) is 5.52. The molecule has 2 rings (SSSR count). The maximum atomic E-state index is 13.1. The van der Waals surface area contributed by atoms with E-state index in [1.165, 1.54) is 0 Å². The highest BCUT2D eigenvalue weighted by Crippen LogP contribution is 2.32. The van der Waals surface area contributed by atoms with Crippen molar-refractivity contribution < 1.29 is 23.8 Å². The number of carbonyl (C=O) groups excluding carboxylic acids is 1. The van der Waals surface area contributed by atoms with Crippen molar-refractivity contribution >= 4 is 45.1 Å². The minimum Gasteiger partial charge on any atom is -0.479 e. The lowest BCUT2D eigenvalue weighted by Crippen LogP contribution is -2.30. The van der Waals surface area contributed by atoms with Gasteiger partial charge in [0.25, 0.3) is 5.91 Å². The zero-order valence-corrected chi connectivity index (χ0v) is 12.4. The summed E-state index contributed by atoms with van der Waals surface area (Å²) < 4.78 is 18.5. The molecule has 1 aliphatic rings. The second-order valence-electron chi connectivity index (χ2n) is 4.26. The molecule has 1 fully saturated rings. The summed E-state index contributed by atoms with van der Waals surface area (Å²) in [6, 6.07) is 2.23. The number of hydrogen-bond acceptors (Lipinski definition) is 3. The monoisotopic (exact) mass is 365 g/mol. The molecule has 0 spiro atoms. The van der Waals surface area contributed by atoms with Crippen molar-refractivity contribution in [2.24, 2.45) is 0 Å². The Balaban J connectivity index is 2.08. The number of aliphatic carboxylic acids is 1. The van der Waals surface area contributed by atoms with Gasteiger partial charge < -0.3 is 15.2 Å². The SMILES string of the molecule is O=C(O)C1CCC(C(=O)Nc2c(Cl)cc(F)cc2Br)O1. The van der Waals surface area contributed by atoms with E-state index in [9.17, 15) is 14.0 Å². The molecule has 2 N–H and O–H groups in total. The van der Waals surface area contributed by atoms with Gasteiger partial charge in [-0.05, 0) is 40.9 Å². The number of halogens is 3. The number of carbonyl (C=O) groups is 2. The number of hydrogen-bond donors (Lipinski definition) is 2. The third-order valence-corrected chi connectivity index (χ3v) is 3.77. The molecule has 8 heteroatoms. The van der Waals surface area contributed by atoms with Crippen LogP contribution in [0.1, 0.15) is 12.8 Å². The van der Waals surface area contributed by atoms with Crippen molar-refractivity contribution in [1.82, 2.24) is 0 Å². The summed E-state index contributed by atoms with van der Waals surface area (Å²) in [5.74, 6) is -2.15. The quantitative estimate of drug-likeness (QED) is 0.862. The Bertz CT molecular complexity index is 545. The van der Waals surface area contributed by atoms with Crippen LogP contribution in [0.2, 0.25) is 5.02 Å². The van der Waals surface area contributed by atoms with Gasteiger partial charge in [-0.2, -0.15) is 0 Å². The van der Waals surface area contributed by atoms with Crippen molar-refractivity contribution in [3.05, 3.63) is 27.4 Å². The molecular weight excluding hydrogens is 356 g/mol. The topological polar surface area (TPSA) is 75.6 Å². The summed E-state index contributed by atoms with van der Waals surface area (Å²) in [6.07, 6.45) is -1.26. The first-order valence-corrected chi connectivity index (χ1v) is 6.89. The third-order valence-electron chi connectivity index (χ3n) is 2.84. The Morgan fingerprint density at radius 3 is 2.60 bits per heavy atom. The van der Waals surface area contributed by atoms with Crippen LogP contribution in [0.3, 0.4) is 0 Å². The van der Waals surface area contributed by atoms with Gasteiger partial charge in [-0.3, -0.25) is 4.79 Å². The number of carboxylic acid groups (broad SMARTS) is 1. The number of benzene rings is 1. The average Bonchev–Trinajstić information content (AvgIpc) is 2.83. The van der Waals surface area contributed by atoms with Gasteiger partial charge in [0.1, 0.15) is 11.9 Å². The summed E-state index contributed by atoms with van der Waals surface area (Å²) in [6.45, 7) is 0. The van der Waals surface area contributed by atoms with Crippen LogP contribution in [0.4, 0.5) is 10.1 Å². The van der Waals surface area contributed by atoms with E-state index in [1.807, 2.05) is 0 Å². The highest BCUT2D eigenvalue weighted by Gasteiger charge is 2.35. The Labute approximate surface area is 127 Å². The van der Waals surface area contributed by atoms with E-state index in [1.54, 1.807) is 0 Å². The zero-order chi connectivity index (χ0) is 14.9. The van der Waals surface area contributed by atoms with Crippen molar-refractivity contribution in [3.8, 4) is 0 Å². The van der Waals surface area contributed by atoms with Crippen LogP contribution in [0.5, 0.6) is 0 Å². The van der Waals surface area contributed by atoms with Crippen LogP contribution >= 0.6 is 27.5 Å². The largest absolute Gasteiger partial charge is 0.479 e. The molecule has 108 valence electrons. The molecule has 1 heterocycles. The van der Waals surface area contributed by atoms with E-state index >= 15 is 0 Å². The zero-order valence-electron chi connectivity index (χ0n) is 10.0. The summed E-state index contributed by atoms with van der Waals surface area (Å²) >= 11 is 8.94. The predicted octanol–water partition coefficient (Wildman–Crippen LogP) is 2.81. The van der Waals surface area contributed by atoms with Gasteiger partial charge in [-0.25, -0.2) is 9.18 Å². The van der Waals surface area contributed by atoms with Gasteiger partial charge in [0.2, 0.25) is 0 Å². The molecule has 1 saturated heterocycles. The third kappa shape index (κ3) is 3.28. The molecule has 0 bridgehead atoms. The highest BCUT2D eigenvalue weighted by molar-refractivity contribution is 9.10. The number of ether oxygens (including phenoxy) is 1. The van der Waals surface area contributed by atoms with E-state index < -0.39 is 29.9 Å². The molecule has 1 aromatic carbocycles. The first-order valence-electron chi connectivity index (χ1n) is 5.72. The van der Waals surface area contributed by atoms with Gasteiger partial charge in [0.15, 0.2) is 6.10 Å². The lowest BCUT2D eigenvalue weighted by atomic mass is 10.2. The Hall–Kier alpha value is -1.18. The van der Waals surface area contributed by atoms with Crippen molar-refractivity contribution in [1.29, 1.82) is 0 Å². The highest BCUT2D eigenvalue weighted by atomic mass is 79.9. The Morgan fingerprint density at radius 2 is 2.05 bits per heavy atom. The molecule has 0 aromatic heterocycles. The lowest BCUT2D eigenvalue weighted by molar-refractivity contribution is -0.150. The number of rotatable bonds is 3. The van der Waals surface area contributed by atoms with Crippen molar-refractivity contribution in [2.75, 3.05) is 5.32 Å². The molecule has 0 radical (unpaired) electrons. The first kappa shape index (κ1) is 15.2. The lowest BCUT2D eigenvalue weighted by Gasteiger charge is -2.14. The fourth-order valence-corrected chi connectivity index (χ4v) is 2.78. The van der Waals surface area contributed by atoms with E-state index in [4.69, 9.17) is 21.4 Å². The van der Waals surface area contributed by atoms with Crippen LogP contribution in [0.15, 0.2) is 16.6 Å². The molecule has 1 aliphatic heterocycles. The number of amides is 1. The van der Waals surface area contributed by atoms with Gasteiger partial charge in [-0.1, -0.05) is 11.6 Å². The van der Waals surface area contributed by atoms with Crippen LogP contribution in [0.25, 0.3) is 0 Å². The van der Waals surface area contributed by atoms with Crippen LogP contribution in [0, 0.1) is 5.82 Å². The van der Waals surface area contributed by atoms with E-state index in [2.05, 4.69) is 21.2 Å².